The second-order valence-electron chi connectivity index (χ2n) is 3.28. The summed E-state index contributed by atoms with van der Waals surface area (Å²) in [5.41, 5.74) is 0.0874. The molecule has 0 bridgehead atoms. The molecule has 0 amide bonds. The van der Waals surface area contributed by atoms with E-state index < -0.39 is 17.8 Å². The van der Waals surface area contributed by atoms with E-state index in [2.05, 4.69) is 15.9 Å². The summed E-state index contributed by atoms with van der Waals surface area (Å²) in [6.07, 6.45) is 0. The Labute approximate surface area is 94.0 Å². The lowest BCUT2D eigenvalue weighted by atomic mass is 9.94. The highest BCUT2D eigenvalue weighted by Crippen LogP contribution is 2.34. The van der Waals surface area contributed by atoms with E-state index in [0.717, 1.165) is 0 Å². The molecule has 1 rings (SSSR count). The molecule has 0 aliphatic rings. The van der Waals surface area contributed by atoms with Gasteiger partial charge in [0.2, 0.25) is 0 Å². The van der Waals surface area contributed by atoms with Crippen molar-refractivity contribution < 1.29 is 18.7 Å². The molecule has 2 nitrogen and oxygen atoms in total. The van der Waals surface area contributed by atoms with Crippen molar-refractivity contribution in [2.45, 2.75) is 18.8 Å². The summed E-state index contributed by atoms with van der Waals surface area (Å²) >= 11 is 3.11. The quantitative estimate of drug-likeness (QED) is 0.922. The lowest BCUT2D eigenvalue weighted by Crippen LogP contribution is -2.29. The van der Waals surface area contributed by atoms with Crippen molar-refractivity contribution in [2.75, 3.05) is 0 Å². The largest absolute Gasteiger partial charge is 0.481 e. The summed E-state index contributed by atoms with van der Waals surface area (Å²) < 4.78 is 26.7. The van der Waals surface area contributed by atoms with E-state index in [1.54, 1.807) is 6.07 Å². The van der Waals surface area contributed by atoms with Crippen LogP contribution in [0.3, 0.4) is 0 Å². The molecule has 0 heterocycles. The van der Waals surface area contributed by atoms with Gasteiger partial charge in [0.1, 0.15) is 5.92 Å². The first-order valence-corrected chi connectivity index (χ1v) is 4.98. The van der Waals surface area contributed by atoms with Crippen molar-refractivity contribution in [3.63, 3.8) is 0 Å². The number of carboxylic acid groups (broad SMARTS) is 1. The molecule has 82 valence electrons. The lowest BCUT2D eigenvalue weighted by Gasteiger charge is -2.19. The molecule has 1 aromatic carbocycles. The SMILES string of the molecule is CC(F)(F)C(C(=O)O)c1cccc(Br)c1. The summed E-state index contributed by atoms with van der Waals surface area (Å²) in [5, 5.41) is 8.76. The minimum Gasteiger partial charge on any atom is -0.481 e. The molecule has 0 spiro atoms. The van der Waals surface area contributed by atoms with E-state index in [9.17, 15) is 13.6 Å². The number of hydrogen-bond donors (Lipinski definition) is 1. The van der Waals surface area contributed by atoms with Crippen LogP contribution in [-0.2, 0) is 4.79 Å². The number of halogens is 3. The van der Waals surface area contributed by atoms with Crippen molar-refractivity contribution in [1.29, 1.82) is 0 Å². The minimum absolute atomic E-state index is 0.0874. The second kappa shape index (κ2) is 4.26. The van der Waals surface area contributed by atoms with Gasteiger partial charge in [0.05, 0.1) is 0 Å². The zero-order chi connectivity index (χ0) is 11.6. The van der Waals surface area contributed by atoms with Crippen LogP contribution in [0.5, 0.6) is 0 Å². The van der Waals surface area contributed by atoms with Crippen LogP contribution in [-0.4, -0.2) is 17.0 Å². The van der Waals surface area contributed by atoms with Crippen LogP contribution >= 0.6 is 15.9 Å². The Morgan fingerprint density at radius 1 is 1.53 bits per heavy atom. The van der Waals surface area contributed by atoms with Gasteiger partial charge in [-0.25, -0.2) is 8.78 Å². The van der Waals surface area contributed by atoms with E-state index in [1.165, 1.54) is 18.2 Å². The number of carbonyl (C=O) groups is 1. The maximum absolute atomic E-state index is 13.1. The fourth-order valence-electron chi connectivity index (χ4n) is 1.34. The fourth-order valence-corrected chi connectivity index (χ4v) is 1.76. The molecule has 0 aromatic heterocycles. The van der Waals surface area contributed by atoms with Crippen LogP contribution in [0.25, 0.3) is 0 Å². The number of rotatable bonds is 3. The average Bonchev–Trinajstić information content (AvgIpc) is 1.99. The van der Waals surface area contributed by atoms with Crippen molar-refractivity contribution in [3.8, 4) is 0 Å². The first kappa shape index (κ1) is 12.1. The van der Waals surface area contributed by atoms with Crippen LogP contribution < -0.4 is 0 Å². The highest BCUT2D eigenvalue weighted by molar-refractivity contribution is 9.10. The third-order valence-electron chi connectivity index (χ3n) is 1.94. The van der Waals surface area contributed by atoms with Gasteiger partial charge >= 0.3 is 5.97 Å². The molecule has 0 radical (unpaired) electrons. The van der Waals surface area contributed by atoms with Crippen molar-refractivity contribution >= 4 is 21.9 Å². The van der Waals surface area contributed by atoms with E-state index in [-0.39, 0.29) is 5.56 Å². The van der Waals surface area contributed by atoms with Gasteiger partial charge < -0.3 is 5.11 Å². The molecule has 1 N–H and O–H groups in total. The predicted octanol–water partition coefficient (Wildman–Crippen LogP) is 3.27. The number of alkyl halides is 2. The summed E-state index contributed by atoms with van der Waals surface area (Å²) in [4.78, 5) is 10.8. The molecule has 15 heavy (non-hydrogen) atoms. The van der Waals surface area contributed by atoms with Gasteiger partial charge in [-0.2, -0.15) is 0 Å². The topological polar surface area (TPSA) is 37.3 Å². The standard InChI is InChI=1S/C10H9BrF2O2/c1-10(12,13)8(9(14)15)6-3-2-4-7(11)5-6/h2-5,8H,1H3,(H,14,15). The first-order chi connectivity index (χ1) is 6.82. The van der Waals surface area contributed by atoms with Crippen LogP contribution in [0.4, 0.5) is 8.78 Å². The van der Waals surface area contributed by atoms with E-state index in [0.29, 0.717) is 11.4 Å². The van der Waals surface area contributed by atoms with Crippen LogP contribution in [0.15, 0.2) is 28.7 Å². The lowest BCUT2D eigenvalue weighted by molar-refractivity contribution is -0.147. The van der Waals surface area contributed by atoms with Gasteiger partial charge in [0.25, 0.3) is 5.92 Å². The van der Waals surface area contributed by atoms with Crippen LogP contribution in [0.2, 0.25) is 0 Å². The predicted molar refractivity (Wildman–Crippen MR) is 55.1 cm³/mol. The zero-order valence-electron chi connectivity index (χ0n) is 7.88. The van der Waals surface area contributed by atoms with Gasteiger partial charge in [0, 0.05) is 11.4 Å². The maximum Gasteiger partial charge on any atom is 0.317 e. The molecule has 0 saturated carbocycles. The minimum atomic E-state index is -3.29. The number of hydrogen-bond acceptors (Lipinski definition) is 1. The molecule has 0 saturated heterocycles. The normalized spacial score (nSPS) is 13.6. The van der Waals surface area contributed by atoms with Crippen LogP contribution in [0, 0.1) is 0 Å². The highest BCUT2D eigenvalue weighted by atomic mass is 79.9. The third kappa shape index (κ3) is 2.99. The fraction of sp³-hybridized carbons (Fsp3) is 0.300. The Kier molecular flexibility index (Phi) is 3.44. The molecular formula is C10H9BrF2O2. The molecule has 5 heteroatoms. The highest BCUT2D eigenvalue weighted by Gasteiger charge is 2.41. The van der Waals surface area contributed by atoms with Crippen molar-refractivity contribution in [2.24, 2.45) is 0 Å². The molecule has 1 atom stereocenters. The van der Waals surface area contributed by atoms with Crippen molar-refractivity contribution in [3.05, 3.63) is 34.3 Å². The molecule has 1 unspecified atom stereocenters. The van der Waals surface area contributed by atoms with E-state index in [4.69, 9.17) is 5.11 Å². The van der Waals surface area contributed by atoms with Crippen molar-refractivity contribution in [1.82, 2.24) is 0 Å². The summed E-state index contributed by atoms with van der Waals surface area (Å²) in [7, 11) is 0. The number of aliphatic carboxylic acids is 1. The maximum atomic E-state index is 13.1. The molecule has 1 aromatic rings. The summed E-state index contributed by atoms with van der Waals surface area (Å²) in [6.45, 7) is 0.604. The average molecular weight is 279 g/mol. The molecular weight excluding hydrogens is 270 g/mol. The Hall–Kier alpha value is -0.970. The molecule has 0 aliphatic heterocycles. The van der Waals surface area contributed by atoms with Crippen LogP contribution in [0.1, 0.15) is 18.4 Å². The number of carboxylic acids is 1. The Bertz CT molecular complexity index is 374. The van der Waals surface area contributed by atoms with Gasteiger partial charge in [-0.15, -0.1) is 0 Å². The number of benzene rings is 1. The third-order valence-corrected chi connectivity index (χ3v) is 2.43. The summed E-state index contributed by atoms with van der Waals surface area (Å²) in [6, 6.07) is 5.94. The smallest absolute Gasteiger partial charge is 0.317 e. The molecule has 0 aliphatic carbocycles. The van der Waals surface area contributed by atoms with Gasteiger partial charge in [-0.1, -0.05) is 28.1 Å². The van der Waals surface area contributed by atoms with Gasteiger partial charge in [-0.05, 0) is 17.7 Å². The second-order valence-corrected chi connectivity index (χ2v) is 4.20. The Morgan fingerprint density at radius 3 is 2.53 bits per heavy atom. The van der Waals surface area contributed by atoms with Gasteiger partial charge in [-0.3, -0.25) is 4.79 Å². The van der Waals surface area contributed by atoms with Gasteiger partial charge in [0.15, 0.2) is 0 Å². The monoisotopic (exact) mass is 278 g/mol. The Morgan fingerprint density at radius 2 is 2.13 bits per heavy atom. The molecule has 0 fully saturated rings. The zero-order valence-corrected chi connectivity index (χ0v) is 9.46. The Balaban J connectivity index is 3.16. The van der Waals surface area contributed by atoms with E-state index in [1.807, 2.05) is 0 Å². The first-order valence-electron chi connectivity index (χ1n) is 4.18. The summed E-state index contributed by atoms with van der Waals surface area (Å²) in [5.74, 6) is -6.62. The van der Waals surface area contributed by atoms with E-state index >= 15 is 0 Å².